The Balaban J connectivity index is 1.59. The summed E-state index contributed by atoms with van der Waals surface area (Å²) in [7, 11) is 1.85. The molecule has 1 fully saturated rings. The lowest BCUT2D eigenvalue weighted by atomic mass is 10.2. The van der Waals surface area contributed by atoms with Crippen molar-refractivity contribution < 1.29 is 4.79 Å². The van der Waals surface area contributed by atoms with E-state index in [0.717, 1.165) is 20.6 Å². The number of amides is 1. The van der Waals surface area contributed by atoms with Gasteiger partial charge >= 0.3 is 0 Å². The second-order valence-electron chi connectivity index (χ2n) is 5.80. The molecular weight excluding hydrogens is 358 g/mol. The van der Waals surface area contributed by atoms with Crippen LogP contribution < -0.4 is 10.2 Å². The molecular formula is C15H17N7OS2. The van der Waals surface area contributed by atoms with Gasteiger partial charge in [0.2, 0.25) is 0 Å². The Bertz CT molecular complexity index is 951. The van der Waals surface area contributed by atoms with Crippen LogP contribution in [0.1, 0.15) is 12.1 Å². The number of anilines is 2. The summed E-state index contributed by atoms with van der Waals surface area (Å²) in [6.07, 6.45) is 4.17. The fraction of sp³-hybridized carbons (Fsp3) is 0.400. The van der Waals surface area contributed by atoms with E-state index in [-0.39, 0.29) is 11.9 Å². The van der Waals surface area contributed by atoms with Gasteiger partial charge in [0.15, 0.2) is 9.99 Å². The number of aryl methyl sites for hydroxylation is 2. The molecule has 3 aromatic heterocycles. The molecule has 4 rings (SSSR count). The lowest BCUT2D eigenvalue weighted by Crippen LogP contribution is -2.34. The molecule has 10 heteroatoms. The molecule has 1 saturated heterocycles. The van der Waals surface area contributed by atoms with Crippen molar-refractivity contribution in [1.29, 1.82) is 0 Å². The summed E-state index contributed by atoms with van der Waals surface area (Å²) >= 11 is 3.11. The maximum absolute atomic E-state index is 12.8. The van der Waals surface area contributed by atoms with Crippen LogP contribution in [0.4, 0.5) is 11.6 Å². The molecule has 0 bridgehead atoms. The largest absolute Gasteiger partial charge is 0.357 e. The first-order valence-corrected chi connectivity index (χ1v) is 9.85. The third kappa shape index (κ3) is 2.85. The second kappa shape index (κ2) is 6.26. The molecule has 0 aromatic carbocycles. The number of fused-ring (bicyclic) bond motifs is 1. The maximum Gasteiger partial charge on any atom is 0.250 e. The molecule has 4 heterocycles. The summed E-state index contributed by atoms with van der Waals surface area (Å²) in [6.45, 7) is 2.58. The lowest BCUT2D eigenvalue weighted by Gasteiger charge is -2.17. The minimum atomic E-state index is -0.312. The zero-order valence-corrected chi connectivity index (χ0v) is 15.7. The molecule has 3 aromatic rings. The number of thiazole rings is 1. The number of hydrogen-bond acceptors (Lipinski definition) is 8. The molecule has 25 heavy (non-hydrogen) atoms. The zero-order chi connectivity index (χ0) is 17.6. The first kappa shape index (κ1) is 16.3. The van der Waals surface area contributed by atoms with E-state index >= 15 is 0 Å². The van der Waals surface area contributed by atoms with Crippen LogP contribution >= 0.6 is 23.1 Å². The van der Waals surface area contributed by atoms with Gasteiger partial charge < -0.3 is 5.32 Å². The predicted octanol–water partition coefficient (Wildman–Crippen LogP) is 2.07. The van der Waals surface area contributed by atoms with Crippen molar-refractivity contribution >= 4 is 51.0 Å². The number of rotatable bonds is 4. The number of carbonyl (C=O) groups is 1. The summed E-state index contributed by atoms with van der Waals surface area (Å²) in [4.78, 5) is 27.6. The van der Waals surface area contributed by atoms with Gasteiger partial charge in [-0.25, -0.2) is 15.0 Å². The summed E-state index contributed by atoms with van der Waals surface area (Å²) in [5, 5.41) is 7.61. The second-order valence-corrected chi connectivity index (χ2v) is 7.85. The van der Waals surface area contributed by atoms with Crippen molar-refractivity contribution in [3.05, 3.63) is 18.1 Å². The van der Waals surface area contributed by atoms with Crippen LogP contribution in [0, 0.1) is 6.92 Å². The minimum absolute atomic E-state index is 0.0318. The van der Waals surface area contributed by atoms with Crippen LogP contribution in [-0.4, -0.2) is 49.5 Å². The van der Waals surface area contributed by atoms with Gasteiger partial charge in [0.1, 0.15) is 28.7 Å². The molecule has 8 nitrogen and oxygen atoms in total. The molecule has 0 saturated carbocycles. The van der Waals surface area contributed by atoms with Crippen molar-refractivity contribution in [3.8, 4) is 0 Å². The fourth-order valence-corrected chi connectivity index (χ4v) is 4.45. The van der Waals surface area contributed by atoms with Crippen LogP contribution in [0.3, 0.4) is 0 Å². The lowest BCUT2D eigenvalue weighted by molar-refractivity contribution is -0.117. The topological polar surface area (TPSA) is 88.8 Å². The summed E-state index contributed by atoms with van der Waals surface area (Å²) in [5.74, 6) is 1.52. The third-order valence-corrected chi connectivity index (χ3v) is 6.15. The molecule has 1 aliphatic rings. The van der Waals surface area contributed by atoms with Crippen molar-refractivity contribution in [3.63, 3.8) is 0 Å². The Labute approximate surface area is 152 Å². The number of thioether (sulfide) groups is 1. The van der Waals surface area contributed by atoms with Crippen LogP contribution in [0.15, 0.2) is 16.7 Å². The van der Waals surface area contributed by atoms with Crippen LogP contribution in [0.25, 0.3) is 10.3 Å². The van der Waals surface area contributed by atoms with E-state index in [1.54, 1.807) is 21.3 Å². The van der Waals surface area contributed by atoms with Gasteiger partial charge in [-0.2, -0.15) is 5.10 Å². The Hall–Kier alpha value is -2.20. The van der Waals surface area contributed by atoms with Gasteiger partial charge in [-0.1, -0.05) is 11.8 Å². The summed E-state index contributed by atoms with van der Waals surface area (Å²) in [5.41, 5.74) is 1.56. The van der Waals surface area contributed by atoms with E-state index in [0.29, 0.717) is 24.4 Å². The van der Waals surface area contributed by atoms with Crippen LogP contribution in [0.2, 0.25) is 0 Å². The first-order chi connectivity index (χ1) is 12.1. The van der Waals surface area contributed by atoms with Crippen molar-refractivity contribution in [2.75, 3.05) is 23.0 Å². The Kier molecular flexibility index (Phi) is 4.08. The average molecular weight is 375 g/mol. The van der Waals surface area contributed by atoms with Crippen molar-refractivity contribution in [2.24, 2.45) is 7.05 Å². The number of hydrogen-bond donors (Lipinski definition) is 1. The van der Waals surface area contributed by atoms with Gasteiger partial charge in [0.25, 0.3) is 5.91 Å². The monoisotopic (exact) mass is 375 g/mol. The number of carbonyl (C=O) groups excluding carboxylic acids is 1. The Morgan fingerprint density at radius 1 is 1.40 bits per heavy atom. The van der Waals surface area contributed by atoms with E-state index < -0.39 is 0 Å². The van der Waals surface area contributed by atoms with Crippen LogP contribution in [-0.2, 0) is 11.8 Å². The molecule has 0 aliphatic carbocycles. The molecule has 1 aliphatic heterocycles. The maximum atomic E-state index is 12.8. The van der Waals surface area contributed by atoms with Gasteiger partial charge in [-0.05, 0) is 19.6 Å². The van der Waals surface area contributed by atoms with E-state index in [1.165, 1.54) is 17.7 Å². The van der Waals surface area contributed by atoms with Crippen molar-refractivity contribution in [1.82, 2.24) is 24.7 Å². The molecule has 0 radical (unpaired) electrons. The molecule has 1 amide bonds. The van der Waals surface area contributed by atoms with E-state index in [9.17, 15) is 4.79 Å². The quantitative estimate of drug-likeness (QED) is 0.698. The highest BCUT2D eigenvalue weighted by Gasteiger charge is 2.34. The molecule has 1 N–H and O–H groups in total. The highest BCUT2D eigenvalue weighted by molar-refractivity contribution is 8.00. The molecule has 1 atom stereocenters. The highest BCUT2D eigenvalue weighted by Crippen LogP contribution is 2.32. The highest BCUT2D eigenvalue weighted by atomic mass is 32.2. The standard InChI is InChI=1S/C15H17N7OS2/c1-8-6-10(21(2)20-8)22-5-4-9(14(22)23)18-12-11-13(17-7-16-12)19-15(24-3)25-11/h6-7,9H,4-5H2,1-3H3,(H,16,17,18). The minimum Gasteiger partial charge on any atom is -0.357 e. The Morgan fingerprint density at radius 3 is 2.96 bits per heavy atom. The van der Waals surface area contributed by atoms with E-state index in [1.807, 2.05) is 26.3 Å². The number of nitrogens with zero attached hydrogens (tertiary/aromatic N) is 6. The van der Waals surface area contributed by atoms with Crippen molar-refractivity contribution in [2.45, 2.75) is 23.7 Å². The average Bonchev–Trinajstić information content (AvgIpc) is 3.26. The molecule has 130 valence electrons. The number of nitrogens with one attached hydrogen (secondary N) is 1. The summed E-state index contributed by atoms with van der Waals surface area (Å²) in [6, 6.07) is 1.62. The molecule has 1 unspecified atom stereocenters. The summed E-state index contributed by atoms with van der Waals surface area (Å²) < 4.78 is 3.56. The van der Waals surface area contributed by atoms with Gasteiger partial charge in [-0.3, -0.25) is 14.4 Å². The SMILES string of the molecule is CSc1nc2ncnc(NC3CCN(c4cc(C)nn4C)C3=O)c2s1. The smallest absolute Gasteiger partial charge is 0.250 e. The molecule has 0 spiro atoms. The predicted molar refractivity (Wildman–Crippen MR) is 99.3 cm³/mol. The Morgan fingerprint density at radius 2 is 2.24 bits per heavy atom. The first-order valence-electron chi connectivity index (χ1n) is 7.81. The normalized spacial score (nSPS) is 17.6. The number of aromatic nitrogens is 5. The van der Waals surface area contributed by atoms with Gasteiger partial charge in [-0.15, -0.1) is 11.3 Å². The van der Waals surface area contributed by atoms with Gasteiger partial charge in [0, 0.05) is 19.7 Å². The van der Waals surface area contributed by atoms with E-state index in [4.69, 9.17) is 0 Å². The van der Waals surface area contributed by atoms with Gasteiger partial charge in [0.05, 0.1) is 5.69 Å². The third-order valence-electron chi connectivity index (χ3n) is 4.12. The van der Waals surface area contributed by atoms with Crippen LogP contribution in [0.5, 0.6) is 0 Å². The van der Waals surface area contributed by atoms with E-state index in [2.05, 4.69) is 25.4 Å². The zero-order valence-electron chi connectivity index (χ0n) is 14.1. The fourth-order valence-electron chi connectivity index (χ4n) is 2.98.